The van der Waals surface area contributed by atoms with E-state index >= 15 is 8.78 Å². The molecule has 3 unspecified atom stereocenters. The van der Waals surface area contributed by atoms with Crippen LogP contribution in [0.4, 0.5) is 26.3 Å². The monoisotopic (exact) mass is 581 g/mol. The smallest absolute Gasteiger partial charge is 0.417 e. The van der Waals surface area contributed by atoms with Gasteiger partial charge in [-0.3, -0.25) is 4.79 Å². The summed E-state index contributed by atoms with van der Waals surface area (Å²) in [5.41, 5.74) is -3.40. The van der Waals surface area contributed by atoms with Crippen LogP contribution in [-0.2, 0) is 24.0 Å². The summed E-state index contributed by atoms with van der Waals surface area (Å²) >= 11 is 0. The van der Waals surface area contributed by atoms with E-state index in [0.29, 0.717) is 12.5 Å². The van der Waals surface area contributed by atoms with Gasteiger partial charge in [-0.2, -0.15) is 13.2 Å². The minimum Gasteiger partial charge on any atom is -0.493 e. The highest BCUT2D eigenvalue weighted by Gasteiger charge is 2.60. The molecule has 5 rings (SSSR count). The third-order valence-corrected chi connectivity index (χ3v) is 7.40. The van der Waals surface area contributed by atoms with Gasteiger partial charge >= 0.3 is 12.1 Å². The fourth-order valence-corrected chi connectivity index (χ4v) is 5.32. The van der Waals surface area contributed by atoms with Crippen molar-refractivity contribution in [3.63, 3.8) is 0 Å². The minimum absolute atomic E-state index is 0.0300. The first kappa shape index (κ1) is 28.7. The summed E-state index contributed by atoms with van der Waals surface area (Å²) < 4.78 is 97.1. The number of carbonyl (C=O) groups is 1. The van der Waals surface area contributed by atoms with Gasteiger partial charge in [-0.15, -0.1) is 0 Å². The maximum atomic E-state index is 15.0. The highest BCUT2D eigenvalue weighted by Crippen LogP contribution is 2.61. The number of nitrogens with zero attached hydrogens (tertiary/aromatic N) is 1. The van der Waals surface area contributed by atoms with Crippen molar-refractivity contribution < 1.29 is 50.8 Å². The first-order chi connectivity index (χ1) is 19.1. The number of ether oxygens (including phenoxy) is 2. The van der Waals surface area contributed by atoms with E-state index in [1.54, 1.807) is 6.07 Å². The molecule has 0 saturated heterocycles. The van der Waals surface area contributed by atoms with Gasteiger partial charge in [-0.1, -0.05) is 0 Å². The van der Waals surface area contributed by atoms with Crippen LogP contribution in [0.15, 0.2) is 36.5 Å². The van der Waals surface area contributed by atoms with Gasteiger partial charge in [0.05, 0.1) is 29.3 Å². The van der Waals surface area contributed by atoms with E-state index in [9.17, 15) is 32.6 Å². The van der Waals surface area contributed by atoms with Crippen molar-refractivity contribution in [2.24, 2.45) is 11.8 Å². The molecule has 41 heavy (non-hydrogen) atoms. The Morgan fingerprint density at radius 1 is 1.02 bits per heavy atom. The number of halogens is 6. The lowest BCUT2D eigenvalue weighted by Crippen LogP contribution is -2.21. The van der Waals surface area contributed by atoms with E-state index in [1.807, 2.05) is 0 Å². The van der Waals surface area contributed by atoms with Crippen molar-refractivity contribution in [2.45, 2.75) is 51.0 Å². The number of benzene rings is 2. The summed E-state index contributed by atoms with van der Waals surface area (Å²) in [7, 11) is 0. The molecule has 0 bridgehead atoms. The Bertz CT molecular complexity index is 1490. The maximum absolute atomic E-state index is 15.0. The molecule has 218 valence electrons. The van der Waals surface area contributed by atoms with Crippen LogP contribution in [0.5, 0.6) is 11.6 Å². The number of carboxylic acid groups (broad SMARTS) is 1. The molecule has 1 fully saturated rings. The second-order valence-corrected chi connectivity index (χ2v) is 10.9. The van der Waals surface area contributed by atoms with Crippen LogP contribution in [0.2, 0.25) is 0 Å². The van der Waals surface area contributed by atoms with Gasteiger partial charge in [0.1, 0.15) is 29.8 Å². The second kappa shape index (κ2) is 10.2. The van der Waals surface area contributed by atoms with Crippen LogP contribution in [0.3, 0.4) is 0 Å². The van der Waals surface area contributed by atoms with Crippen molar-refractivity contribution in [3.05, 3.63) is 76.2 Å². The zero-order valence-electron chi connectivity index (χ0n) is 21.9. The van der Waals surface area contributed by atoms with E-state index in [0.717, 1.165) is 23.3 Å². The van der Waals surface area contributed by atoms with Gasteiger partial charge in [0.25, 0.3) is 0 Å². The third-order valence-electron chi connectivity index (χ3n) is 7.40. The molecule has 6 nitrogen and oxygen atoms in total. The van der Waals surface area contributed by atoms with E-state index in [1.165, 1.54) is 20.0 Å². The van der Waals surface area contributed by atoms with Gasteiger partial charge < -0.3 is 19.7 Å². The molecule has 2 aliphatic carbocycles. The molecule has 2 N–H and O–H groups in total. The molecular formula is C29H25F6NO5. The molecule has 12 heteroatoms. The normalized spacial score (nSPS) is 19.5. The van der Waals surface area contributed by atoms with Crippen LogP contribution in [0, 0.1) is 29.3 Å². The van der Waals surface area contributed by atoms with Crippen molar-refractivity contribution >= 4 is 5.97 Å². The van der Waals surface area contributed by atoms with Crippen molar-refractivity contribution in [2.75, 3.05) is 6.61 Å². The summed E-state index contributed by atoms with van der Waals surface area (Å²) in [5, 5.41) is 19.0. The molecule has 0 amide bonds. The Labute approximate surface area is 230 Å². The summed E-state index contributed by atoms with van der Waals surface area (Å²) in [4.78, 5) is 15.4. The quantitative estimate of drug-likeness (QED) is 0.290. The number of fused-ring (bicyclic) bond motifs is 3. The highest BCUT2D eigenvalue weighted by atomic mass is 19.4. The lowest BCUT2D eigenvalue weighted by molar-refractivity contribution is -0.139. The maximum Gasteiger partial charge on any atom is 0.417 e. The number of aromatic nitrogens is 1. The molecular weight excluding hydrogens is 556 g/mol. The Morgan fingerprint density at radius 3 is 2.32 bits per heavy atom. The van der Waals surface area contributed by atoms with Crippen molar-refractivity contribution in [3.8, 4) is 22.8 Å². The lowest BCUT2D eigenvalue weighted by atomic mass is 9.95. The van der Waals surface area contributed by atoms with Crippen LogP contribution < -0.4 is 9.47 Å². The number of aliphatic hydroxyl groups is 1. The molecule has 3 aromatic rings. The Morgan fingerprint density at radius 2 is 1.71 bits per heavy atom. The van der Waals surface area contributed by atoms with Gasteiger partial charge in [0, 0.05) is 47.9 Å². The van der Waals surface area contributed by atoms with E-state index < -0.39 is 70.0 Å². The van der Waals surface area contributed by atoms with Crippen LogP contribution in [0.1, 0.15) is 48.4 Å². The Balaban J connectivity index is 1.40. The molecule has 0 spiro atoms. The number of alkyl halides is 3. The van der Waals surface area contributed by atoms with Crippen LogP contribution in [0.25, 0.3) is 11.1 Å². The first-order valence-electron chi connectivity index (χ1n) is 12.7. The SMILES string of the molecule is CC(C)(O)CCOc1cc(F)c(-c2cc(COc3cc4c(cn3)C3C(C4)C3C(=O)O)c(F)cc2C(F)(F)F)c(F)c1. The standard InChI is InChI=1S/C29H25F6NO5/c1-28(2,39)3-4-40-15-8-21(31)25(22(32)9-15)16-6-14(20(30)10-19(16)29(33,34)35)12-41-23-7-13-5-17-24(18(13)11-36-23)26(17)27(37)38/h6-11,17,24,26,39H,3-5,12H2,1-2H3,(H,37,38). The predicted octanol–water partition coefficient (Wildman–Crippen LogP) is 6.27. The largest absolute Gasteiger partial charge is 0.493 e. The number of hydrogen-bond donors (Lipinski definition) is 2. The predicted molar refractivity (Wildman–Crippen MR) is 133 cm³/mol. The first-order valence-corrected chi connectivity index (χ1v) is 12.7. The lowest BCUT2D eigenvalue weighted by Gasteiger charge is -2.19. The third kappa shape index (κ3) is 5.83. The van der Waals surface area contributed by atoms with Gasteiger partial charge in [0.2, 0.25) is 5.88 Å². The number of carboxylic acids is 1. The molecule has 3 atom stereocenters. The molecule has 1 aromatic heterocycles. The topological polar surface area (TPSA) is 88.9 Å². The Hall–Kier alpha value is -3.80. The average molecular weight is 582 g/mol. The summed E-state index contributed by atoms with van der Waals surface area (Å²) in [6, 6.07) is 3.86. The van der Waals surface area contributed by atoms with Crippen LogP contribution in [-0.4, -0.2) is 33.4 Å². The molecule has 2 aromatic carbocycles. The number of hydrogen-bond acceptors (Lipinski definition) is 5. The Kier molecular flexibility index (Phi) is 7.17. The second-order valence-electron chi connectivity index (χ2n) is 10.9. The fourth-order valence-electron chi connectivity index (χ4n) is 5.32. The van der Waals surface area contributed by atoms with E-state index in [2.05, 4.69) is 4.98 Å². The highest BCUT2D eigenvalue weighted by molar-refractivity contribution is 5.77. The average Bonchev–Trinajstić information content (AvgIpc) is 3.44. The van der Waals surface area contributed by atoms with Crippen LogP contribution >= 0.6 is 0 Å². The molecule has 1 saturated carbocycles. The summed E-state index contributed by atoms with van der Waals surface area (Å²) in [6.07, 6.45) is -3.03. The number of pyridine rings is 1. The molecule has 1 heterocycles. The minimum atomic E-state index is -5.13. The number of aliphatic carboxylic acids is 1. The fraction of sp³-hybridized carbons (Fsp3) is 0.379. The van der Waals surface area contributed by atoms with Gasteiger partial charge in [-0.25, -0.2) is 18.2 Å². The summed E-state index contributed by atoms with van der Waals surface area (Å²) in [5.74, 6) is -5.73. The number of rotatable bonds is 9. The van der Waals surface area contributed by atoms with Crippen molar-refractivity contribution in [1.82, 2.24) is 4.98 Å². The van der Waals surface area contributed by atoms with E-state index in [4.69, 9.17) is 9.47 Å². The van der Waals surface area contributed by atoms with Crippen molar-refractivity contribution in [1.29, 1.82) is 0 Å². The molecule has 2 aliphatic rings. The zero-order chi connectivity index (χ0) is 29.9. The summed E-state index contributed by atoms with van der Waals surface area (Å²) in [6.45, 7) is 2.32. The molecule has 0 radical (unpaired) electrons. The van der Waals surface area contributed by atoms with Gasteiger partial charge in [-0.05, 0) is 49.4 Å². The zero-order valence-corrected chi connectivity index (χ0v) is 21.9. The van der Waals surface area contributed by atoms with Gasteiger partial charge in [0.15, 0.2) is 0 Å². The molecule has 0 aliphatic heterocycles. The van der Waals surface area contributed by atoms with E-state index in [-0.39, 0.29) is 42.6 Å².